The van der Waals surface area contributed by atoms with Gasteiger partial charge < -0.3 is 20.3 Å². The minimum absolute atomic E-state index is 0.0422. The van der Waals surface area contributed by atoms with E-state index < -0.39 is 11.2 Å². The van der Waals surface area contributed by atoms with Gasteiger partial charge in [-0.1, -0.05) is 27.2 Å². The molecule has 1 aromatic rings. The second-order valence-electron chi connectivity index (χ2n) is 10.00. The van der Waals surface area contributed by atoms with Crippen LogP contribution in [-0.2, 0) is 11.2 Å². The molecule has 0 saturated heterocycles. The van der Waals surface area contributed by atoms with Crippen LogP contribution in [0.25, 0.3) is 0 Å². The van der Waals surface area contributed by atoms with Crippen molar-refractivity contribution in [2.45, 2.75) is 104 Å². The summed E-state index contributed by atoms with van der Waals surface area (Å²) in [5.41, 5.74) is 2.00. The van der Waals surface area contributed by atoms with E-state index in [1.54, 1.807) is 0 Å². The molecule has 1 aliphatic carbocycles. The van der Waals surface area contributed by atoms with E-state index in [9.17, 15) is 15.0 Å². The first-order valence-corrected chi connectivity index (χ1v) is 11.5. The lowest BCUT2D eigenvalue weighted by Gasteiger charge is -2.46. The molecule has 2 aliphatic rings. The number of aromatic hydroxyl groups is 1. The van der Waals surface area contributed by atoms with Crippen LogP contribution < -0.4 is 10.1 Å². The van der Waals surface area contributed by atoms with Crippen molar-refractivity contribution in [2.24, 2.45) is 11.8 Å². The van der Waals surface area contributed by atoms with Gasteiger partial charge in [0.15, 0.2) is 5.60 Å². The van der Waals surface area contributed by atoms with Gasteiger partial charge in [0.25, 0.3) is 5.91 Å². The zero-order chi connectivity index (χ0) is 22.4. The molecular formula is C25H39NO4. The highest BCUT2D eigenvalue weighted by Crippen LogP contribution is 2.44. The maximum absolute atomic E-state index is 13.4. The van der Waals surface area contributed by atoms with E-state index in [0.29, 0.717) is 25.0 Å². The first-order chi connectivity index (χ1) is 14.0. The minimum Gasteiger partial charge on any atom is -0.507 e. The molecule has 1 aliphatic heterocycles. The van der Waals surface area contributed by atoms with E-state index in [4.69, 9.17) is 4.74 Å². The van der Waals surface area contributed by atoms with Crippen LogP contribution in [0.3, 0.4) is 0 Å². The number of phenols is 1. The molecule has 1 saturated carbocycles. The topological polar surface area (TPSA) is 78.8 Å². The number of benzene rings is 1. The highest BCUT2D eigenvalue weighted by Gasteiger charge is 2.46. The normalized spacial score (nSPS) is 33.5. The van der Waals surface area contributed by atoms with Crippen LogP contribution in [0.1, 0.15) is 82.1 Å². The Kier molecular flexibility index (Phi) is 6.16. The van der Waals surface area contributed by atoms with Crippen LogP contribution in [0.2, 0.25) is 0 Å². The number of hydrogen-bond acceptors (Lipinski definition) is 4. The van der Waals surface area contributed by atoms with Crippen LogP contribution in [0.15, 0.2) is 0 Å². The van der Waals surface area contributed by atoms with Gasteiger partial charge in [0.2, 0.25) is 0 Å². The van der Waals surface area contributed by atoms with Crippen molar-refractivity contribution in [3.63, 3.8) is 0 Å². The van der Waals surface area contributed by atoms with Gasteiger partial charge in [-0.2, -0.15) is 0 Å². The van der Waals surface area contributed by atoms with Crippen LogP contribution in [-0.4, -0.2) is 33.4 Å². The number of ether oxygens (including phenoxy) is 1. The predicted octanol–water partition coefficient (Wildman–Crippen LogP) is 4.48. The van der Waals surface area contributed by atoms with Gasteiger partial charge >= 0.3 is 0 Å². The Morgan fingerprint density at radius 3 is 2.43 bits per heavy atom. The van der Waals surface area contributed by atoms with Gasteiger partial charge in [-0.25, -0.2) is 0 Å². The molecule has 5 nitrogen and oxygen atoms in total. The van der Waals surface area contributed by atoms with Crippen molar-refractivity contribution in [2.75, 3.05) is 0 Å². The standard InChI is InChI=1S/C25H39NO4/c1-8-18-13-25(29,9-2)12-14(3)20(18)26-23(28)24(7)11-10-19-17(6)21(27)15(4)16(5)22(19)30-24/h14,18,20,27,29H,8-13H2,1-7H3,(H,26,28)/t14-,18+,20+,24?,25+/m1/s1. The smallest absolute Gasteiger partial charge is 0.264 e. The number of carbonyl (C=O) groups is 1. The molecule has 0 spiro atoms. The predicted molar refractivity (Wildman–Crippen MR) is 119 cm³/mol. The molecular weight excluding hydrogens is 378 g/mol. The van der Waals surface area contributed by atoms with Gasteiger partial charge in [-0.3, -0.25) is 4.79 Å². The first-order valence-electron chi connectivity index (χ1n) is 11.5. The van der Waals surface area contributed by atoms with E-state index in [-0.39, 0.29) is 23.8 Å². The molecule has 0 radical (unpaired) electrons. The average Bonchev–Trinajstić information content (AvgIpc) is 2.72. The quantitative estimate of drug-likeness (QED) is 0.675. The Balaban J connectivity index is 1.83. The fraction of sp³-hybridized carbons (Fsp3) is 0.720. The molecule has 3 N–H and O–H groups in total. The Labute approximate surface area is 181 Å². The number of aliphatic hydroxyl groups is 1. The molecule has 5 heteroatoms. The summed E-state index contributed by atoms with van der Waals surface area (Å²) >= 11 is 0. The molecule has 1 fully saturated rings. The number of rotatable bonds is 4. The van der Waals surface area contributed by atoms with E-state index in [2.05, 4.69) is 19.2 Å². The summed E-state index contributed by atoms with van der Waals surface area (Å²) in [7, 11) is 0. The summed E-state index contributed by atoms with van der Waals surface area (Å²) < 4.78 is 6.36. The Morgan fingerprint density at radius 2 is 1.83 bits per heavy atom. The lowest BCUT2D eigenvalue weighted by molar-refractivity contribution is -0.140. The molecule has 0 aromatic heterocycles. The Bertz CT molecular complexity index is 835. The Morgan fingerprint density at radius 1 is 1.17 bits per heavy atom. The van der Waals surface area contributed by atoms with Crippen LogP contribution >= 0.6 is 0 Å². The molecule has 1 amide bonds. The van der Waals surface area contributed by atoms with Crippen molar-refractivity contribution >= 4 is 5.91 Å². The monoisotopic (exact) mass is 417 g/mol. The van der Waals surface area contributed by atoms with Gasteiger partial charge in [0, 0.05) is 18.0 Å². The summed E-state index contributed by atoms with van der Waals surface area (Å²) in [6.07, 6.45) is 4.39. The molecule has 1 aromatic carbocycles. The molecule has 30 heavy (non-hydrogen) atoms. The van der Waals surface area contributed by atoms with Gasteiger partial charge in [-0.05, 0) is 81.9 Å². The third kappa shape index (κ3) is 3.81. The maximum atomic E-state index is 13.4. The van der Waals surface area contributed by atoms with E-state index in [1.165, 1.54) is 0 Å². The maximum Gasteiger partial charge on any atom is 0.264 e. The largest absolute Gasteiger partial charge is 0.507 e. The highest BCUT2D eigenvalue weighted by atomic mass is 16.5. The summed E-state index contributed by atoms with van der Waals surface area (Å²) in [6.45, 7) is 13.9. The zero-order valence-electron chi connectivity index (χ0n) is 19.7. The molecule has 168 valence electrons. The molecule has 1 unspecified atom stereocenters. The van der Waals surface area contributed by atoms with E-state index in [0.717, 1.165) is 47.3 Å². The molecule has 3 rings (SSSR count). The number of hydrogen-bond donors (Lipinski definition) is 3. The molecule has 0 bridgehead atoms. The third-order valence-corrected chi connectivity index (χ3v) is 7.95. The highest BCUT2D eigenvalue weighted by molar-refractivity contribution is 5.86. The summed E-state index contributed by atoms with van der Waals surface area (Å²) in [5, 5.41) is 24.6. The van der Waals surface area contributed by atoms with E-state index in [1.807, 2.05) is 34.6 Å². The van der Waals surface area contributed by atoms with Gasteiger partial charge in [-0.15, -0.1) is 0 Å². The Hall–Kier alpha value is -1.75. The number of nitrogens with one attached hydrogen (secondary N) is 1. The van der Waals surface area contributed by atoms with Crippen LogP contribution in [0.5, 0.6) is 11.5 Å². The number of phenolic OH excluding ortho intramolecular Hbond substituents is 1. The number of fused-ring (bicyclic) bond motifs is 1. The molecule has 1 heterocycles. The van der Waals surface area contributed by atoms with Gasteiger partial charge in [0.1, 0.15) is 11.5 Å². The van der Waals surface area contributed by atoms with Crippen molar-refractivity contribution in [1.29, 1.82) is 0 Å². The molecule has 5 atom stereocenters. The second-order valence-corrected chi connectivity index (χ2v) is 10.00. The van der Waals surface area contributed by atoms with Crippen LogP contribution in [0.4, 0.5) is 0 Å². The average molecular weight is 418 g/mol. The van der Waals surface area contributed by atoms with Gasteiger partial charge in [0.05, 0.1) is 5.60 Å². The van der Waals surface area contributed by atoms with Crippen molar-refractivity contribution in [3.8, 4) is 11.5 Å². The first kappa shape index (κ1) is 22.9. The summed E-state index contributed by atoms with van der Waals surface area (Å²) in [4.78, 5) is 13.4. The number of amides is 1. The van der Waals surface area contributed by atoms with Crippen molar-refractivity contribution < 1.29 is 19.7 Å². The fourth-order valence-electron chi connectivity index (χ4n) is 5.55. The number of carbonyl (C=O) groups excluding carboxylic acids is 1. The third-order valence-electron chi connectivity index (χ3n) is 7.95. The van der Waals surface area contributed by atoms with Crippen LogP contribution in [0, 0.1) is 32.6 Å². The fourth-order valence-corrected chi connectivity index (χ4v) is 5.55. The van der Waals surface area contributed by atoms with Crippen molar-refractivity contribution in [1.82, 2.24) is 5.32 Å². The lowest BCUT2D eigenvalue weighted by atomic mass is 9.68. The zero-order valence-corrected chi connectivity index (χ0v) is 19.7. The minimum atomic E-state index is -0.940. The second kappa shape index (κ2) is 8.07. The summed E-state index contributed by atoms with van der Waals surface area (Å²) in [6, 6.07) is 0.0422. The SMILES string of the molecule is CC[C@H]1C[C@](O)(CC)C[C@@H](C)[C@@H]1NC(=O)C1(C)CCc2c(C)c(O)c(C)c(C)c2O1. The van der Waals surface area contributed by atoms with E-state index >= 15 is 0 Å². The summed E-state index contributed by atoms with van der Waals surface area (Å²) in [5.74, 6) is 1.46. The van der Waals surface area contributed by atoms with Crippen molar-refractivity contribution in [3.05, 3.63) is 22.3 Å². The lowest BCUT2D eigenvalue weighted by Crippen LogP contribution is -2.59.